The van der Waals surface area contributed by atoms with E-state index in [4.69, 9.17) is 9.84 Å². The van der Waals surface area contributed by atoms with Crippen molar-refractivity contribution in [3.05, 3.63) is 28.3 Å². The normalized spacial score (nSPS) is 17.3. The van der Waals surface area contributed by atoms with Crippen LogP contribution in [0.4, 0.5) is 0 Å². The molecule has 0 spiro atoms. The van der Waals surface area contributed by atoms with Crippen LogP contribution >= 0.6 is 0 Å². The van der Waals surface area contributed by atoms with Gasteiger partial charge in [0.05, 0.1) is 0 Å². The fourth-order valence-electron chi connectivity index (χ4n) is 4.06. The Morgan fingerprint density at radius 3 is 2.50 bits per heavy atom. The van der Waals surface area contributed by atoms with Gasteiger partial charge in [-0.15, -0.1) is 0 Å². The number of hydrogen-bond acceptors (Lipinski definition) is 3. The number of aryl methyl sites for hydroxylation is 1. The Morgan fingerprint density at radius 1 is 1.27 bits per heavy atom. The Morgan fingerprint density at radius 2 is 1.92 bits per heavy atom. The number of carboxylic acid groups (broad SMARTS) is 1. The van der Waals surface area contributed by atoms with Crippen LogP contribution in [0.2, 0.25) is 0 Å². The minimum absolute atomic E-state index is 0.00801. The minimum atomic E-state index is -0.976. The van der Waals surface area contributed by atoms with Crippen molar-refractivity contribution in [2.24, 2.45) is 11.8 Å². The predicted octanol–water partition coefficient (Wildman–Crippen LogP) is 3.38. The van der Waals surface area contributed by atoms with E-state index in [0.717, 1.165) is 43.5 Å². The Hall–Kier alpha value is -2.04. The standard InChI is InChI=1S/C21H31NO4/c1-6-22(7-2)21(25)14(4)16-8-9-17-13(3)10-19(26-12-20(23)24)15(5)18(17)11-16/h10,14,16H,6-9,11-12H2,1-5H3,(H,23,24). The van der Waals surface area contributed by atoms with Gasteiger partial charge < -0.3 is 14.7 Å². The van der Waals surface area contributed by atoms with Gasteiger partial charge in [0.2, 0.25) is 5.91 Å². The third-order valence-corrected chi connectivity index (χ3v) is 5.76. The van der Waals surface area contributed by atoms with E-state index >= 15 is 0 Å². The maximum Gasteiger partial charge on any atom is 0.341 e. The van der Waals surface area contributed by atoms with Crippen molar-refractivity contribution in [3.8, 4) is 5.75 Å². The number of carbonyl (C=O) groups is 2. The molecule has 1 aliphatic carbocycles. The first-order chi connectivity index (χ1) is 12.3. The second-order valence-corrected chi connectivity index (χ2v) is 7.26. The van der Waals surface area contributed by atoms with Gasteiger partial charge in [-0.3, -0.25) is 4.79 Å². The van der Waals surface area contributed by atoms with E-state index in [1.54, 1.807) is 0 Å². The molecule has 0 fully saturated rings. The summed E-state index contributed by atoms with van der Waals surface area (Å²) in [5.74, 6) is 0.203. The zero-order valence-corrected chi connectivity index (χ0v) is 16.6. The number of benzene rings is 1. The van der Waals surface area contributed by atoms with Gasteiger partial charge in [0, 0.05) is 19.0 Å². The molecule has 0 bridgehead atoms. The molecule has 2 unspecified atom stereocenters. The molecule has 2 rings (SSSR count). The molecule has 26 heavy (non-hydrogen) atoms. The Bertz CT molecular complexity index is 679. The molecule has 5 heteroatoms. The highest BCUT2D eigenvalue weighted by atomic mass is 16.5. The molecule has 144 valence electrons. The number of ether oxygens (including phenoxy) is 1. The number of fused-ring (bicyclic) bond motifs is 1. The lowest BCUT2D eigenvalue weighted by molar-refractivity contribution is -0.139. The number of hydrogen-bond donors (Lipinski definition) is 1. The van der Waals surface area contributed by atoms with Crippen LogP contribution < -0.4 is 4.74 Å². The van der Waals surface area contributed by atoms with E-state index in [-0.39, 0.29) is 18.4 Å². The third-order valence-electron chi connectivity index (χ3n) is 5.76. The molecule has 0 saturated carbocycles. The van der Waals surface area contributed by atoms with Crippen molar-refractivity contribution in [2.45, 2.75) is 53.9 Å². The second-order valence-electron chi connectivity index (χ2n) is 7.26. The lowest BCUT2D eigenvalue weighted by atomic mass is 9.74. The third kappa shape index (κ3) is 4.19. The highest BCUT2D eigenvalue weighted by Gasteiger charge is 2.31. The van der Waals surface area contributed by atoms with Crippen LogP contribution in [0.3, 0.4) is 0 Å². The van der Waals surface area contributed by atoms with Crippen LogP contribution in [0.1, 0.15) is 49.4 Å². The maximum atomic E-state index is 12.7. The SMILES string of the molecule is CCN(CC)C(=O)C(C)C1CCc2c(C)cc(OCC(=O)O)c(C)c2C1. The van der Waals surface area contributed by atoms with Gasteiger partial charge in [-0.1, -0.05) is 6.92 Å². The smallest absolute Gasteiger partial charge is 0.341 e. The predicted molar refractivity (Wildman–Crippen MR) is 102 cm³/mol. The number of carbonyl (C=O) groups excluding carboxylic acids is 1. The van der Waals surface area contributed by atoms with Gasteiger partial charge in [-0.2, -0.15) is 0 Å². The van der Waals surface area contributed by atoms with Gasteiger partial charge in [-0.05, 0) is 81.2 Å². The van der Waals surface area contributed by atoms with Crippen LogP contribution in [0.25, 0.3) is 0 Å². The van der Waals surface area contributed by atoms with Crippen molar-refractivity contribution in [1.29, 1.82) is 0 Å². The van der Waals surface area contributed by atoms with Crippen molar-refractivity contribution in [3.63, 3.8) is 0 Å². The van der Waals surface area contributed by atoms with Crippen LogP contribution in [-0.4, -0.2) is 41.6 Å². The summed E-state index contributed by atoms with van der Waals surface area (Å²) in [6, 6.07) is 1.95. The Kier molecular flexibility index (Phi) is 6.68. The molecule has 0 aromatic heterocycles. The van der Waals surface area contributed by atoms with Crippen molar-refractivity contribution >= 4 is 11.9 Å². The zero-order valence-electron chi connectivity index (χ0n) is 16.6. The first-order valence-electron chi connectivity index (χ1n) is 9.55. The van der Waals surface area contributed by atoms with Gasteiger partial charge in [-0.25, -0.2) is 4.79 Å². The first-order valence-corrected chi connectivity index (χ1v) is 9.55. The molecular weight excluding hydrogens is 330 g/mol. The van der Waals surface area contributed by atoms with Crippen LogP contribution in [0.5, 0.6) is 5.75 Å². The van der Waals surface area contributed by atoms with Gasteiger partial charge in [0.15, 0.2) is 6.61 Å². The molecule has 0 saturated heterocycles. The van der Waals surface area contributed by atoms with Crippen LogP contribution in [0, 0.1) is 25.7 Å². The summed E-state index contributed by atoms with van der Waals surface area (Å²) < 4.78 is 5.49. The Labute approximate surface area is 156 Å². The molecule has 0 heterocycles. The van der Waals surface area contributed by atoms with Gasteiger partial charge in [0.1, 0.15) is 5.75 Å². The Balaban J connectivity index is 2.25. The fraction of sp³-hybridized carbons (Fsp3) is 0.619. The number of aliphatic carboxylic acids is 1. The molecule has 0 radical (unpaired) electrons. The molecule has 1 aromatic rings. The molecular formula is C21H31NO4. The second kappa shape index (κ2) is 8.56. The molecule has 1 aliphatic rings. The topological polar surface area (TPSA) is 66.8 Å². The van der Waals surface area contributed by atoms with E-state index in [1.807, 2.05) is 38.7 Å². The number of nitrogens with zero attached hydrogens (tertiary/aromatic N) is 1. The summed E-state index contributed by atoms with van der Waals surface area (Å²) in [5, 5.41) is 8.88. The van der Waals surface area contributed by atoms with E-state index < -0.39 is 5.97 Å². The summed E-state index contributed by atoms with van der Waals surface area (Å²) in [7, 11) is 0. The lowest BCUT2D eigenvalue weighted by Crippen LogP contribution is -2.39. The largest absolute Gasteiger partial charge is 0.482 e. The van der Waals surface area contributed by atoms with Crippen molar-refractivity contribution in [2.75, 3.05) is 19.7 Å². The first kappa shape index (κ1) is 20.3. The molecule has 1 N–H and O–H groups in total. The van der Waals surface area contributed by atoms with E-state index in [2.05, 4.69) is 6.92 Å². The summed E-state index contributed by atoms with van der Waals surface area (Å²) in [4.78, 5) is 25.5. The van der Waals surface area contributed by atoms with Crippen LogP contribution in [0.15, 0.2) is 6.07 Å². The molecule has 5 nitrogen and oxygen atoms in total. The summed E-state index contributed by atoms with van der Waals surface area (Å²) in [5.41, 5.74) is 4.73. The van der Waals surface area contributed by atoms with Crippen LogP contribution in [-0.2, 0) is 22.4 Å². The lowest BCUT2D eigenvalue weighted by Gasteiger charge is -2.33. The van der Waals surface area contributed by atoms with E-state index in [1.165, 1.54) is 11.1 Å². The van der Waals surface area contributed by atoms with Crippen molar-refractivity contribution in [1.82, 2.24) is 4.90 Å². The average Bonchev–Trinajstić information content (AvgIpc) is 2.63. The summed E-state index contributed by atoms with van der Waals surface area (Å²) >= 11 is 0. The molecule has 0 aliphatic heterocycles. The number of rotatable bonds is 7. The van der Waals surface area contributed by atoms with Gasteiger partial charge >= 0.3 is 5.97 Å². The quantitative estimate of drug-likeness (QED) is 0.808. The zero-order chi connectivity index (χ0) is 19.4. The summed E-state index contributed by atoms with van der Waals surface area (Å²) in [6.45, 7) is 11.3. The maximum absolute atomic E-state index is 12.7. The molecule has 1 amide bonds. The monoisotopic (exact) mass is 361 g/mol. The highest BCUT2D eigenvalue weighted by molar-refractivity contribution is 5.79. The highest BCUT2D eigenvalue weighted by Crippen LogP contribution is 2.38. The summed E-state index contributed by atoms with van der Waals surface area (Å²) in [6.07, 6.45) is 2.82. The number of amides is 1. The van der Waals surface area contributed by atoms with E-state index in [9.17, 15) is 9.59 Å². The molecule has 2 atom stereocenters. The fourth-order valence-corrected chi connectivity index (χ4v) is 4.06. The van der Waals surface area contributed by atoms with Crippen molar-refractivity contribution < 1.29 is 19.4 Å². The average molecular weight is 361 g/mol. The number of carboxylic acids is 1. The molecule has 1 aromatic carbocycles. The minimum Gasteiger partial charge on any atom is -0.482 e. The van der Waals surface area contributed by atoms with E-state index in [0.29, 0.717) is 11.7 Å². The van der Waals surface area contributed by atoms with Gasteiger partial charge in [0.25, 0.3) is 0 Å².